The number of aromatic carboxylic acids is 1. The smallest absolute Gasteiger partial charge is 0.337 e. The third-order valence-electron chi connectivity index (χ3n) is 2.61. The lowest BCUT2D eigenvalue weighted by Crippen LogP contribution is -2.33. The number of rotatable bonds is 7. The van der Waals surface area contributed by atoms with Crippen LogP contribution in [0.15, 0.2) is 23.4 Å². The fourth-order valence-electron chi connectivity index (χ4n) is 1.56. The molecule has 0 spiro atoms. The highest BCUT2D eigenvalue weighted by molar-refractivity contribution is 7.89. The summed E-state index contributed by atoms with van der Waals surface area (Å²) in [6, 6.07) is 2.24. The number of sulfonamides is 1. The van der Waals surface area contributed by atoms with E-state index in [2.05, 4.69) is 9.71 Å². The van der Waals surface area contributed by atoms with Crippen molar-refractivity contribution in [1.82, 2.24) is 9.71 Å². The Hall–Kier alpha value is -1.47. The summed E-state index contributed by atoms with van der Waals surface area (Å²) in [6.07, 6.45) is 3.73. The van der Waals surface area contributed by atoms with Gasteiger partial charge in [-0.15, -0.1) is 0 Å². The third kappa shape index (κ3) is 4.60. The number of pyridine rings is 1. The van der Waals surface area contributed by atoms with Crippen LogP contribution in [0.2, 0.25) is 0 Å². The van der Waals surface area contributed by atoms with Gasteiger partial charge in [0.05, 0.1) is 5.56 Å². The molecule has 0 aromatic carbocycles. The van der Waals surface area contributed by atoms with E-state index in [0.29, 0.717) is 0 Å². The summed E-state index contributed by atoms with van der Waals surface area (Å²) in [5.41, 5.74) is -0.0435. The maximum atomic E-state index is 12.0. The highest BCUT2D eigenvalue weighted by atomic mass is 32.2. The average molecular weight is 286 g/mol. The van der Waals surface area contributed by atoms with Crippen LogP contribution in [0, 0.1) is 0 Å². The van der Waals surface area contributed by atoms with Gasteiger partial charge in [-0.05, 0) is 25.5 Å². The van der Waals surface area contributed by atoms with E-state index in [1.54, 1.807) is 6.92 Å². The third-order valence-corrected chi connectivity index (χ3v) is 4.11. The Balaban J connectivity index is 2.79. The van der Waals surface area contributed by atoms with Gasteiger partial charge >= 0.3 is 5.97 Å². The molecular weight excluding hydrogens is 268 g/mol. The zero-order valence-corrected chi connectivity index (χ0v) is 11.8. The first-order valence-electron chi connectivity index (χ1n) is 6.08. The molecule has 0 aliphatic carbocycles. The molecule has 0 saturated heterocycles. The number of aromatic nitrogens is 1. The predicted octanol–water partition coefficient (Wildman–Crippen LogP) is 1.64. The molecular formula is C12H18N2O4S. The molecule has 7 heteroatoms. The van der Waals surface area contributed by atoms with Crippen LogP contribution in [-0.4, -0.2) is 30.5 Å². The predicted molar refractivity (Wildman–Crippen MR) is 70.5 cm³/mol. The summed E-state index contributed by atoms with van der Waals surface area (Å²) in [5.74, 6) is -1.14. The van der Waals surface area contributed by atoms with Crippen LogP contribution < -0.4 is 4.72 Å². The Labute approximate surface area is 112 Å². The molecule has 0 bridgehead atoms. The van der Waals surface area contributed by atoms with Crippen LogP contribution in [0.5, 0.6) is 0 Å². The van der Waals surface area contributed by atoms with Crippen molar-refractivity contribution in [2.24, 2.45) is 0 Å². The Morgan fingerprint density at radius 1 is 1.47 bits per heavy atom. The number of nitrogens with zero attached hydrogens (tertiary/aromatic N) is 1. The van der Waals surface area contributed by atoms with Gasteiger partial charge in [0, 0.05) is 12.2 Å². The van der Waals surface area contributed by atoms with E-state index in [-0.39, 0.29) is 16.6 Å². The Bertz CT molecular complexity index is 525. The van der Waals surface area contributed by atoms with E-state index in [4.69, 9.17) is 5.11 Å². The van der Waals surface area contributed by atoms with Crippen LogP contribution in [0.1, 0.15) is 43.5 Å². The van der Waals surface area contributed by atoms with Gasteiger partial charge in [0.2, 0.25) is 0 Å². The van der Waals surface area contributed by atoms with Gasteiger partial charge in [-0.25, -0.2) is 22.9 Å². The van der Waals surface area contributed by atoms with E-state index in [9.17, 15) is 13.2 Å². The van der Waals surface area contributed by atoms with E-state index in [1.165, 1.54) is 12.1 Å². The molecule has 1 aromatic heterocycles. The number of carboxylic acids is 1. The van der Waals surface area contributed by atoms with E-state index in [0.717, 1.165) is 25.5 Å². The lowest BCUT2D eigenvalue weighted by atomic mass is 10.2. The summed E-state index contributed by atoms with van der Waals surface area (Å²) in [5, 5.41) is 8.55. The molecule has 19 heavy (non-hydrogen) atoms. The minimum atomic E-state index is -3.69. The standard InChI is InChI=1S/C12H18N2O4S/c1-3-4-5-9(2)14-19(17,18)11-7-6-10(8-13-11)12(15)16/h6-9,14H,3-5H2,1-2H3,(H,15,16). The molecule has 1 atom stereocenters. The summed E-state index contributed by atoms with van der Waals surface area (Å²) in [7, 11) is -3.69. The first kappa shape index (κ1) is 15.6. The second kappa shape index (κ2) is 6.63. The molecule has 0 saturated carbocycles. The molecule has 1 rings (SSSR count). The van der Waals surface area contributed by atoms with Gasteiger partial charge < -0.3 is 5.11 Å². The van der Waals surface area contributed by atoms with Crippen molar-refractivity contribution in [3.8, 4) is 0 Å². The van der Waals surface area contributed by atoms with Gasteiger partial charge in [0.15, 0.2) is 5.03 Å². The largest absolute Gasteiger partial charge is 0.478 e. The van der Waals surface area contributed by atoms with Crippen LogP contribution in [0.25, 0.3) is 0 Å². The molecule has 0 aliphatic heterocycles. The first-order valence-corrected chi connectivity index (χ1v) is 7.57. The fraction of sp³-hybridized carbons (Fsp3) is 0.500. The molecule has 2 N–H and O–H groups in total. The van der Waals surface area contributed by atoms with Crippen molar-refractivity contribution in [1.29, 1.82) is 0 Å². The van der Waals surface area contributed by atoms with Crippen LogP contribution in [-0.2, 0) is 10.0 Å². The van der Waals surface area contributed by atoms with Crippen molar-refractivity contribution in [2.45, 2.75) is 44.2 Å². The normalized spacial score (nSPS) is 13.2. The summed E-state index contributed by atoms with van der Waals surface area (Å²) < 4.78 is 26.5. The minimum absolute atomic E-state index is 0.0435. The lowest BCUT2D eigenvalue weighted by molar-refractivity contribution is 0.0696. The van der Waals surface area contributed by atoms with Crippen molar-refractivity contribution in [3.63, 3.8) is 0 Å². The number of nitrogens with one attached hydrogen (secondary N) is 1. The van der Waals surface area contributed by atoms with E-state index in [1.807, 2.05) is 6.92 Å². The molecule has 1 aromatic rings. The molecule has 6 nitrogen and oxygen atoms in total. The highest BCUT2D eigenvalue weighted by Gasteiger charge is 2.18. The number of hydrogen-bond donors (Lipinski definition) is 2. The topological polar surface area (TPSA) is 96.4 Å². The lowest BCUT2D eigenvalue weighted by Gasteiger charge is -2.13. The molecule has 106 valence electrons. The number of unbranched alkanes of at least 4 members (excludes halogenated alkanes) is 1. The zero-order valence-electron chi connectivity index (χ0n) is 11.0. The summed E-state index contributed by atoms with van der Waals surface area (Å²) in [6.45, 7) is 3.83. The SMILES string of the molecule is CCCCC(C)NS(=O)(=O)c1ccc(C(=O)O)cn1. The molecule has 0 aliphatic rings. The van der Waals surface area contributed by atoms with Crippen molar-refractivity contribution < 1.29 is 18.3 Å². The number of hydrogen-bond acceptors (Lipinski definition) is 4. The molecule has 0 amide bonds. The highest BCUT2D eigenvalue weighted by Crippen LogP contribution is 2.09. The van der Waals surface area contributed by atoms with Crippen molar-refractivity contribution >= 4 is 16.0 Å². The second-order valence-corrected chi connectivity index (χ2v) is 6.02. The molecule has 1 heterocycles. The number of carbonyl (C=O) groups is 1. The zero-order chi connectivity index (χ0) is 14.5. The molecule has 1 unspecified atom stereocenters. The fourth-order valence-corrected chi connectivity index (χ4v) is 2.77. The molecule has 0 radical (unpaired) electrons. The first-order chi connectivity index (χ1) is 8.86. The van der Waals surface area contributed by atoms with Gasteiger partial charge in [-0.1, -0.05) is 19.8 Å². The van der Waals surface area contributed by atoms with Crippen LogP contribution in [0.4, 0.5) is 0 Å². The Morgan fingerprint density at radius 3 is 2.63 bits per heavy atom. The van der Waals surface area contributed by atoms with Gasteiger partial charge in [-0.2, -0.15) is 0 Å². The number of carboxylic acid groups (broad SMARTS) is 1. The van der Waals surface area contributed by atoms with Crippen LogP contribution in [0.3, 0.4) is 0 Å². The summed E-state index contributed by atoms with van der Waals surface area (Å²) in [4.78, 5) is 14.3. The van der Waals surface area contributed by atoms with Gasteiger partial charge in [0.25, 0.3) is 10.0 Å². The van der Waals surface area contributed by atoms with Crippen molar-refractivity contribution in [2.75, 3.05) is 0 Å². The maximum Gasteiger partial charge on any atom is 0.337 e. The van der Waals surface area contributed by atoms with Gasteiger partial charge in [-0.3, -0.25) is 0 Å². The summed E-state index contributed by atoms with van der Waals surface area (Å²) >= 11 is 0. The Morgan fingerprint density at radius 2 is 2.16 bits per heavy atom. The Kier molecular flexibility index (Phi) is 5.44. The van der Waals surface area contributed by atoms with E-state index < -0.39 is 16.0 Å². The minimum Gasteiger partial charge on any atom is -0.478 e. The van der Waals surface area contributed by atoms with Gasteiger partial charge in [0.1, 0.15) is 0 Å². The second-order valence-electron chi connectivity index (χ2n) is 4.35. The van der Waals surface area contributed by atoms with Crippen LogP contribution >= 0.6 is 0 Å². The molecule has 0 fully saturated rings. The monoisotopic (exact) mass is 286 g/mol. The average Bonchev–Trinajstić information content (AvgIpc) is 2.36. The maximum absolute atomic E-state index is 12.0. The quantitative estimate of drug-likeness (QED) is 0.794. The van der Waals surface area contributed by atoms with Crippen molar-refractivity contribution in [3.05, 3.63) is 23.9 Å². The van der Waals surface area contributed by atoms with E-state index >= 15 is 0 Å².